The Bertz CT molecular complexity index is 469. The standard InChI is InChI=1S/C16H26FN3O/c1-12(13-5-6-16(21-4)15(17)9-13)18-10-14-11-19(2)7-8-20(14)3/h5-6,9,12,14,18H,7-8,10-11H2,1-4H3. The topological polar surface area (TPSA) is 27.7 Å². The van der Waals surface area contributed by atoms with E-state index in [2.05, 4.69) is 36.1 Å². The Kier molecular flexibility index (Phi) is 5.56. The summed E-state index contributed by atoms with van der Waals surface area (Å²) in [4.78, 5) is 4.73. The molecule has 1 N–H and O–H groups in total. The molecular formula is C16H26FN3O. The molecule has 0 amide bonds. The summed E-state index contributed by atoms with van der Waals surface area (Å²) in [5.41, 5.74) is 0.945. The van der Waals surface area contributed by atoms with Gasteiger partial charge in [0.1, 0.15) is 0 Å². The zero-order valence-corrected chi connectivity index (χ0v) is 13.4. The smallest absolute Gasteiger partial charge is 0.165 e. The van der Waals surface area contributed by atoms with E-state index in [4.69, 9.17) is 4.74 Å². The average molecular weight is 295 g/mol. The van der Waals surface area contributed by atoms with Crippen LogP contribution in [-0.4, -0.2) is 63.2 Å². The van der Waals surface area contributed by atoms with Crippen molar-refractivity contribution in [1.29, 1.82) is 0 Å². The number of methoxy groups -OCH3 is 1. The highest BCUT2D eigenvalue weighted by molar-refractivity contribution is 5.30. The Balaban J connectivity index is 1.92. The molecule has 1 aromatic carbocycles. The molecule has 0 radical (unpaired) electrons. The minimum Gasteiger partial charge on any atom is -0.494 e. The number of rotatable bonds is 5. The van der Waals surface area contributed by atoms with Gasteiger partial charge in [-0.3, -0.25) is 4.90 Å². The van der Waals surface area contributed by atoms with Crippen molar-refractivity contribution < 1.29 is 9.13 Å². The summed E-state index contributed by atoms with van der Waals surface area (Å²) in [6.45, 7) is 6.23. The molecule has 1 fully saturated rings. The Morgan fingerprint density at radius 1 is 1.38 bits per heavy atom. The number of ether oxygens (including phenoxy) is 1. The minimum absolute atomic E-state index is 0.117. The highest BCUT2D eigenvalue weighted by Gasteiger charge is 2.22. The van der Waals surface area contributed by atoms with Crippen molar-refractivity contribution in [2.24, 2.45) is 0 Å². The number of likely N-dealkylation sites (N-methyl/N-ethyl adjacent to an activating group) is 2. The maximum Gasteiger partial charge on any atom is 0.165 e. The third kappa shape index (κ3) is 4.15. The molecule has 1 saturated heterocycles. The molecule has 0 saturated carbocycles. The van der Waals surface area contributed by atoms with Crippen LogP contribution in [0.3, 0.4) is 0 Å². The van der Waals surface area contributed by atoms with Gasteiger partial charge in [0.2, 0.25) is 0 Å². The van der Waals surface area contributed by atoms with Gasteiger partial charge in [-0.1, -0.05) is 6.07 Å². The molecule has 0 bridgehead atoms. The second-order valence-electron chi connectivity index (χ2n) is 5.92. The van der Waals surface area contributed by atoms with Crippen molar-refractivity contribution in [1.82, 2.24) is 15.1 Å². The highest BCUT2D eigenvalue weighted by Crippen LogP contribution is 2.21. The highest BCUT2D eigenvalue weighted by atomic mass is 19.1. The largest absolute Gasteiger partial charge is 0.494 e. The van der Waals surface area contributed by atoms with Crippen molar-refractivity contribution in [2.45, 2.75) is 19.0 Å². The molecule has 1 aliphatic rings. The van der Waals surface area contributed by atoms with E-state index in [1.54, 1.807) is 12.1 Å². The maximum absolute atomic E-state index is 13.8. The van der Waals surface area contributed by atoms with E-state index in [1.807, 2.05) is 6.07 Å². The Labute approximate surface area is 126 Å². The summed E-state index contributed by atoms with van der Waals surface area (Å²) in [7, 11) is 5.80. The van der Waals surface area contributed by atoms with Gasteiger partial charge < -0.3 is 15.0 Å². The molecule has 2 unspecified atom stereocenters. The first kappa shape index (κ1) is 16.2. The van der Waals surface area contributed by atoms with Crippen molar-refractivity contribution in [3.63, 3.8) is 0 Å². The van der Waals surface area contributed by atoms with Crippen LogP contribution in [0.5, 0.6) is 5.75 Å². The van der Waals surface area contributed by atoms with Crippen LogP contribution >= 0.6 is 0 Å². The number of nitrogens with one attached hydrogen (secondary N) is 1. The normalized spacial score (nSPS) is 22.2. The summed E-state index contributed by atoms with van der Waals surface area (Å²) in [6.07, 6.45) is 0. The van der Waals surface area contributed by atoms with Crippen LogP contribution in [0, 0.1) is 5.82 Å². The predicted molar refractivity (Wildman–Crippen MR) is 83.3 cm³/mol. The molecule has 1 aliphatic heterocycles. The lowest BCUT2D eigenvalue weighted by Gasteiger charge is -2.38. The molecule has 1 heterocycles. The third-order valence-corrected chi connectivity index (χ3v) is 4.32. The average Bonchev–Trinajstić information content (AvgIpc) is 2.47. The van der Waals surface area contributed by atoms with Crippen LogP contribution in [0.2, 0.25) is 0 Å². The molecule has 21 heavy (non-hydrogen) atoms. The Morgan fingerprint density at radius 2 is 2.14 bits per heavy atom. The van der Waals surface area contributed by atoms with E-state index >= 15 is 0 Å². The second kappa shape index (κ2) is 7.20. The van der Waals surface area contributed by atoms with E-state index < -0.39 is 0 Å². The zero-order valence-electron chi connectivity index (χ0n) is 13.4. The molecule has 1 aromatic rings. The molecule has 0 aliphatic carbocycles. The summed E-state index contributed by atoms with van der Waals surface area (Å²) in [5.74, 6) is -0.0160. The van der Waals surface area contributed by atoms with Gasteiger partial charge in [0.25, 0.3) is 0 Å². The van der Waals surface area contributed by atoms with Crippen LogP contribution in [0.25, 0.3) is 0 Å². The minimum atomic E-state index is -0.307. The van der Waals surface area contributed by atoms with Crippen molar-refractivity contribution in [3.05, 3.63) is 29.6 Å². The summed E-state index contributed by atoms with van der Waals surface area (Å²) in [5, 5.41) is 3.51. The van der Waals surface area contributed by atoms with Crippen LogP contribution in [0.15, 0.2) is 18.2 Å². The number of nitrogens with zero attached hydrogens (tertiary/aromatic N) is 2. The molecular weight excluding hydrogens is 269 g/mol. The number of piperazine rings is 1. The van der Waals surface area contributed by atoms with Crippen LogP contribution in [-0.2, 0) is 0 Å². The lowest BCUT2D eigenvalue weighted by atomic mass is 10.1. The van der Waals surface area contributed by atoms with Crippen LogP contribution in [0.1, 0.15) is 18.5 Å². The number of benzene rings is 1. The van der Waals surface area contributed by atoms with Crippen molar-refractivity contribution in [3.8, 4) is 5.75 Å². The van der Waals surface area contributed by atoms with Gasteiger partial charge in [-0.25, -0.2) is 4.39 Å². The molecule has 5 heteroatoms. The summed E-state index contributed by atoms with van der Waals surface area (Å²) < 4.78 is 18.7. The van der Waals surface area contributed by atoms with Gasteiger partial charge >= 0.3 is 0 Å². The van der Waals surface area contributed by atoms with Crippen LogP contribution in [0.4, 0.5) is 4.39 Å². The summed E-state index contributed by atoms with van der Waals surface area (Å²) >= 11 is 0. The van der Waals surface area contributed by atoms with Gasteiger partial charge in [0, 0.05) is 38.3 Å². The molecule has 4 nitrogen and oxygen atoms in total. The lowest BCUT2D eigenvalue weighted by molar-refractivity contribution is 0.112. The van der Waals surface area contributed by atoms with Gasteiger partial charge in [-0.05, 0) is 38.7 Å². The number of halogens is 1. The van der Waals surface area contributed by atoms with Crippen LogP contribution < -0.4 is 10.1 Å². The van der Waals surface area contributed by atoms with E-state index in [0.717, 1.165) is 31.7 Å². The maximum atomic E-state index is 13.8. The Morgan fingerprint density at radius 3 is 2.81 bits per heavy atom. The van der Waals surface area contributed by atoms with E-state index in [-0.39, 0.29) is 11.9 Å². The fourth-order valence-electron chi connectivity index (χ4n) is 2.70. The first-order valence-electron chi connectivity index (χ1n) is 7.47. The fourth-order valence-corrected chi connectivity index (χ4v) is 2.70. The van der Waals surface area contributed by atoms with Gasteiger partial charge in [-0.15, -0.1) is 0 Å². The molecule has 118 valence electrons. The second-order valence-corrected chi connectivity index (χ2v) is 5.92. The predicted octanol–water partition coefficient (Wildman–Crippen LogP) is 1.73. The first-order chi connectivity index (χ1) is 10.0. The third-order valence-electron chi connectivity index (χ3n) is 4.32. The number of hydrogen-bond donors (Lipinski definition) is 1. The zero-order chi connectivity index (χ0) is 15.4. The number of hydrogen-bond acceptors (Lipinski definition) is 4. The first-order valence-corrected chi connectivity index (χ1v) is 7.47. The van der Waals surface area contributed by atoms with Gasteiger partial charge in [0.15, 0.2) is 11.6 Å². The van der Waals surface area contributed by atoms with Crippen molar-refractivity contribution >= 4 is 0 Å². The molecule has 0 spiro atoms. The Hall–Kier alpha value is -1.17. The molecule has 2 rings (SSSR count). The van der Waals surface area contributed by atoms with Gasteiger partial charge in [0.05, 0.1) is 7.11 Å². The van der Waals surface area contributed by atoms with E-state index in [0.29, 0.717) is 11.8 Å². The quantitative estimate of drug-likeness (QED) is 0.895. The van der Waals surface area contributed by atoms with Gasteiger partial charge in [-0.2, -0.15) is 0 Å². The van der Waals surface area contributed by atoms with E-state index in [9.17, 15) is 4.39 Å². The van der Waals surface area contributed by atoms with Crippen molar-refractivity contribution in [2.75, 3.05) is 47.4 Å². The van der Waals surface area contributed by atoms with E-state index in [1.165, 1.54) is 7.11 Å². The molecule has 0 aromatic heterocycles. The lowest BCUT2D eigenvalue weighted by Crippen LogP contribution is -2.53. The SMILES string of the molecule is COc1ccc(C(C)NCC2CN(C)CCN2C)cc1F. The molecule has 2 atom stereocenters. The fraction of sp³-hybridized carbons (Fsp3) is 0.625. The monoisotopic (exact) mass is 295 g/mol. The summed E-state index contributed by atoms with van der Waals surface area (Å²) in [6, 6.07) is 5.76.